The van der Waals surface area contributed by atoms with Crippen molar-refractivity contribution in [2.24, 2.45) is 5.41 Å². The highest BCUT2D eigenvalue weighted by Crippen LogP contribution is 2.22. The molecule has 0 bridgehead atoms. The van der Waals surface area contributed by atoms with E-state index in [1.165, 1.54) is 12.0 Å². The smallest absolute Gasteiger partial charge is 0.118 e. The topological polar surface area (TPSA) is 21.3 Å². The predicted octanol–water partition coefficient (Wildman–Crippen LogP) is 2.87. The summed E-state index contributed by atoms with van der Waals surface area (Å²) in [5.41, 5.74) is 1.74. The van der Waals surface area contributed by atoms with Crippen LogP contribution >= 0.6 is 0 Å². The summed E-state index contributed by atoms with van der Waals surface area (Å²) in [6.45, 7) is 5.66. The molecule has 0 aromatic heterocycles. The molecule has 0 saturated carbocycles. The molecule has 2 heteroatoms. The van der Waals surface area contributed by atoms with Gasteiger partial charge in [0.1, 0.15) is 5.75 Å². The van der Waals surface area contributed by atoms with Gasteiger partial charge in [-0.3, -0.25) is 0 Å². The first-order valence-corrected chi connectivity index (χ1v) is 5.85. The van der Waals surface area contributed by atoms with Crippen LogP contribution in [0.3, 0.4) is 0 Å². The van der Waals surface area contributed by atoms with Crippen molar-refractivity contribution >= 4 is 0 Å². The number of rotatable bonds is 6. The van der Waals surface area contributed by atoms with Gasteiger partial charge in [0.2, 0.25) is 0 Å². The third kappa shape index (κ3) is 4.23. The van der Waals surface area contributed by atoms with E-state index in [1.54, 1.807) is 7.11 Å². The van der Waals surface area contributed by atoms with Crippen LogP contribution in [0.15, 0.2) is 24.3 Å². The molecule has 1 rings (SSSR count). The van der Waals surface area contributed by atoms with Crippen LogP contribution in [-0.2, 0) is 6.42 Å². The summed E-state index contributed by atoms with van der Waals surface area (Å²) in [5, 5.41) is 3.24. The lowest BCUT2D eigenvalue weighted by Crippen LogP contribution is -2.27. The minimum atomic E-state index is 0.356. The van der Waals surface area contributed by atoms with Crippen LogP contribution in [0.5, 0.6) is 5.75 Å². The van der Waals surface area contributed by atoms with Crippen LogP contribution in [0.1, 0.15) is 25.8 Å². The maximum absolute atomic E-state index is 5.14. The van der Waals surface area contributed by atoms with E-state index in [0.29, 0.717) is 5.41 Å². The molecular weight excluding hydrogens is 198 g/mol. The molecule has 0 aliphatic rings. The van der Waals surface area contributed by atoms with Gasteiger partial charge in [0, 0.05) is 0 Å². The first-order chi connectivity index (χ1) is 7.57. The summed E-state index contributed by atoms with van der Waals surface area (Å²) < 4.78 is 5.14. The Balaban J connectivity index is 2.48. The van der Waals surface area contributed by atoms with Gasteiger partial charge in [0.25, 0.3) is 0 Å². The van der Waals surface area contributed by atoms with E-state index in [1.807, 2.05) is 19.2 Å². The molecule has 0 saturated heterocycles. The molecule has 0 radical (unpaired) electrons. The quantitative estimate of drug-likeness (QED) is 0.797. The molecule has 0 fully saturated rings. The molecule has 1 N–H and O–H groups in total. The van der Waals surface area contributed by atoms with Gasteiger partial charge in [-0.25, -0.2) is 0 Å². The zero-order valence-corrected chi connectivity index (χ0v) is 10.8. The van der Waals surface area contributed by atoms with E-state index in [0.717, 1.165) is 18.7 Å². The molecule has 0 aliphatic carbocycles. The Hall–Kier alpha value is -1.02. The van der Waals surface area contributed by atoms with Crippen LogP contribution in [0.2, 0.25) is 0 Å². The second kappa shape index (κ2) is 5.90. The van der Waals surface area contributed by atoms with E-state index < -0.39 is 0 Å². The lowest BCUT2D eigenvalue weighted by Gasteiger charge is -2.24. The monoisotopic (exact) mass is 221 g/mol. The second-order valence-corrected chi connectivity index (χ2v) is 5.04. The van der Waals surface area contributed by atoms with Crippen molar-refractivity contribution in [2.45, 2.75) is 26.7 Å². The van der Waals surface area contributed by atoms with Gasteiger partial charge < -0.3 is 10.1 Å². The summed E-state index contributed by atoms with van der Waals surface area (Å²) in [6, 6.07) is 8.35. The highest BCUT2D eigenvalue weighted by molar-refractivity contribution is 5.27. The van der Waals surface area contributed by atoms with Crippen molar-refractivity contribution in [1.29, 1.82) is 0 Å². The summed E-state index contributed by atoms with van der Waals surface area (Å²) in [4.78, 5) is 0. The Kier molecular flexibility index (Phi) is 4.81. The van der Waals surface area contributed by atoms with Gasteiger partial charge in [-0.2, -0.15) is 0 Å². The highest BCUT2D eigenvalue weighted by atomic mass is 16.5. The normalized spacial score (nSPS) is 11.5. The highest BCUT2D eigenvalue weighted by Gasteiger charge is 2.16. The van der Waals surface area contributed by atoms with Gasteiger partial charge in [0.05, 0.1) is 7.11 Å². The summed E-state index contributed by atoms with van der Waals surface area (Å²) in [6.07, 6.45) is 2.32. The Morgan fingerprint density at radius 3 is 2.31 bits per heavy atom. The minimum absolute atomic E-state index is 0.356. The molecule has 90 valence electrons. The second-order valence-electron chi connectivity index (χ2n) is 5.04. The number of nitrogens with one attached hydrogen (secondary N) is 1. The van der Waals surface area contributed by atoms with Gasteiger partial charge in [0.15, 0.2) is 0 Å². The van der Waals surface area contributed by atoms with E-state index >= 15 is 0 Å². The Morgan fingerprint density at radius 2 is 1.81 bits per heavy atom. The minimum Gasteiger partial charge on any atom is -0.497 e. The summed E-state index contributed by atoms with van der Waals surface area (Å²) in [5.74, 6) is 0.929. The van der Waals surface area contributed by atoms with E-state index in [2.05, 4.69) is 31.3 Å². The zero-order chi connectivity index (χ0) is 12.0. The fourth-order valence-electron chi connectivity index (χ4n) is 1.84. The SMILES string of the molecule is CNCC(C)(C)CCc1ccc(OC)cc1. The predicted molar refractivity (Wildman–Crippen MR) is 69.0 cm³/mol. The lowest BCUT2D eigenvalue weighted by atomic mass is 9.86. The number of methoxy groups -OCH3 is 1. The van der Waals surface area contributed by atoms with Crippen LogP contribution in [0.25, 0.3) is 0 Å². The first-order valence-electron chi connectivity index (χ1n) is 5.85. The lowest BCUT2D eigenvalue weighted by molar-refractivity contribution is 0.324. The number of hydrogen-bond donors (Lipinski definition) is 1. The average Bonchev–Trinajstić information content (AvgIpc) is 2.27. The maximum atomic E-state index is 5.14. The third-order valence-corrected chi connectivity index (χ3v) is 2.90. The van der Waals surface area contributed by atoms with Crippen LogP contribution in [0, 0.1) is 5.41 Å². The van der Waals surface area contributed by atoms with Crippen molar-refractivity contribution < 1.29 is 4.74 Å². The molecule has 0 spiro atoms. The molecule has 0 heterocycles. The number of aryl methyl sites for hydroxylation is 1. The van der Waals surface area contributed by atoms with Crippen molar-refractivity contribution in [3.63, 3.8) is 0 Å². The number of benzene rings is 1. The zero-order valence-electron chi connectivity index (χ0n) is 10.8. The molecule has 0 amide bonds. The third-order valence-electron chi connectivity index (χ3n) is 2.90. The molecule has 0 atom stereocenters. The Bertz CT molecular complexity index is 303. The molecule has 1 aromatic rings. The fraction of sp³-hybridized carbons (Fsp3) is 0.571. The maximum Gasteiger partial charge on any atom is 0.118 e. The number of hydrogen-bond acceptors (Lipinski definition) is 2. The van der Waals surface area contributed by atoms with E-state index in [-0.39, 0.29) is 0 Å². The molecule has 2 nitrogen and oxygen atoms in total. The first kappa shape index (κ1) is 13.0. The van der Waals surface area contributed by atoms with Gasteiger partial charge in [-0.1, -0.05) is 26.0 Å². The van der Waals surface area contributed by atoms with Crippen LogP contribution < -0.4 is 10.1 Å². The Labute approximate surface area is 99.0 Å². The van der Waals surface area contributed by atoms with Crippen molar-refractivity contribution in [3.05, 3.63) is 29.8 Å². The average molecular weight is 221 g/mol. The van der Waals surface area contributed by atoms with Gasteiger partial charge >= 0.3 is 0 Å². The van der Waals surface area contributed by atoms with Gasteiger partial charge in [-0.05, 0) is 49.5 Å². The largest absolute Gasteiger partial charge is 0.497 e. The van der Waals surface area contributed by atoms with Gasteiger partial charge in [-0.15, -0.1) is 0 Å². The van der Waals surface area contributed by atoms with E-state index in [4.69, 9.17) is 4.74 Å². The van der Waals surface area contributed by atoms with Crippen LogP contribution in [-0.4, -0.2) is 20.7 Å². The molecule has 0 unspecified atom stereocenters. The van der Waals surface area contributed by atoms with Crippen molar-refractivity contribution in [2.75, 3.05) is 20.7 Å². The summed E-state index contributed by atoms with van der Waals surface area (Å²) in [7, 11) is 3.71. The summed E-state index contributed by atoms with van der Waals surface area (Å²) >= 11 is 0. The molecular formula is C14H23NO. The number of ether oxygens (including phenoxy) is 1. The standard InChI is InChI=1S/C14H23NO/c1-14(2,11-15-3)10-9-12-5-7-13(16-4)8-6-12/h5-8,15H,9-11H2,1-4H3. The van der Waals surface area contributed by atoms with Crippen molar-refractivity contribution in [3.8, 4) is 5.75 Å². The fourth-order valence-corrected chi connectivity index (χ4v) is 1.84. The van der Waals surface area contributed by atoms with Crippen LogP contribution in [0.4, 0.5) is 0 Å². The molecule has 16 heavy (non-hydrogen) atoms. The Morgan fingerprint density at radius 1 is 1.19 bits per heavy atom. The molecule has 0 aliphatic heterocycles. The van der Waals surface area contributed by atoms with Crippen molar-refractivity contribution in [1.82, 2.24) is 5.32 Å². The molecule has 1 aromatic carbocycles. The van der Waals surface area contributed by atoms with E-state index in [9.17, 15) is 0 Å².